The molecule has 0 aliphatic rings. The molecule has 0 atom stereocenters. The molecule has 0 saturated carbocycles. The fourth-order valence-corrected chi connectivity index (χ4v) is 4.31. The quantitative estimate of drug-likeness (QED) is 0.853. The highest BCUT2D eigenvalue weighted by Gasteiger charge is 2.33. The highest BCUT2D eigenvalue weighted by atomic mass is 32.2. The summed E-state index contributed by atoms with van der Waals surface area (Å²) in [5, 5.41) is 2.43. The number of primary amides is 1. The van der Waals surface area contributed by atoms with Gasteiger partial charge >= 0.3 is 0 Å². The molecule has 23 heavy (non-hydrogen) atoms. The van der Waals surface area contributed by atoms with Crippen LogP contribution >= 0.6 is 0 Å². The smallest absolute Gasteiger partial charge is 0.267 e. The van der Waals surface area contributed by atoms with Gasteiger partial charge in [-0.1, -0.05) is 18.2 Å². The van der Waals surface area contributed by atoms with E-state index in [2.05, 4.69) is 5.32 Å². The highest BCUT2D eigenvalue weighted by Crippen LogP contribution is 2.31. The van der Waals surface area contributed by atoms with Gasteiger partial charge in [0.25, 0.3) is 11.8 Å². The lowest BCUT2D eigenvalue weighted by Crippen LogP contribution is -2.24. The Kier molecular flexibility index (Phi) is 4.28. The van der Waals surface area contributed by atoms with Gasteiger partial charge in [-0.3, -0.25) is 9.59 Å². The molecule has 1 heterocycles. The van der Waals surface area contributed by atoms with E-state index in [1.807, 2.05) is 0 Å². The van der Waals surface area contributed by atoms with Crippen molar-refractivity contribution in [1.82, 2.24) is 9.88 Å². The first-order chi connectivity index (χ1) is 10.7. The predicted octanol–water partition coefficient (Wildman–Crippen LogP) is 0.625. The Morgan fingerprint density at radius 1 is 1.13 bits per heavy atom. The molecule has 3 N–H and O–H groups in total. The second kappa shape index (κ2) is 5.88. The molecule has 1 aromatic carbocycles. The molecule has 2 amide bonds. The minimum absolute atomic E-state index is 0.0275. The Morgan fingerprint density at radius 3 is 2.17 bits per heavy atom. The van der Waals surface area contributed by atoms with E-state index in [4.69, 9.17) is 5.73 Å². The molecule has 0 spiro atoms. The van der Waals surface area contributed by atoms with Gasteiger partial charge in [0, 0.05) is 14.1 Å². The Balaban J connectivity index is 2.87. The number of amides is 2. The molecule has 0 aliphatic carbocycles. The number of nitrogens with zero attached hydrogens (tertiary/aromatic N) is 1. The number of hydrogen-bond donors (Lipinski definition) is 2. The van der Waals surface area contributed by atoms with E-state index in [-0.39, 0.29) is 26.7 Å². The maximum absolute atomic E-state index is 12.9. The zero-order valence-corrected chi connectivity index (χ0v) is 13.8. The van der Waals surface area contributed by atoms with Crippen LogP contribution in [0.2, 0.25) is 0 Å². The van der Waals surface area contributed by atoms with Crippen molar-refractivity contribution in [3.05, 3.63) is 47.3 Å². The second-order valence-corrected chi connectivity index (χ2v) is 6.86. The van der Waals surface area contributed by atoms with Crippen LogP contribution in [0, 0.1) is 6.92 Å². The van der Waals surface area contributed by atoms with Crippen LogP contribution in [0.25, 0.3) is 0 Å². The number of sulfone groups is 1. The van der Waals surface area contributed by atoms with Gasteiger partial charge in [-0.25, -0.2) is 8.42 Å². The number of aromatic nitrogens is 1. The highest BCUT2D eigenvalue weighted by molar-refractivity contribution is 7.91. The molecule has 0 unspecified atom stereocenters. The summed E-state index contributed by atoms with van der Waals surface area (Å²) in [6, 6.07) is 7.68. The fourth-order valence-electron chi connectivity index (χ4n) is 2.57. The summed E-state index contributed by atoms with van der Waals surface area (Å²) in [4.78, 5) is 23.6. The predicted molar refractivity (Wildman–Crippen MR) is 84.0 cm³/mol. The molecule has 7 nitrogen and oxygen atoms in total. The summed E-state index contributed by atoms with van der Waals surface area (Å²) >= 11 is 0. The molecule has 0 fully saturated rings. The number of carbonyl (C=O) groups excluding carboxylic acids is 2. The molecule has 1 aromatic heterocycles. The largest absolute Gasteiger partial charge is 0.364 e. The molecular formula is C15H17N3O4S. The molecule has 2 rings (SSSR count). The monoisotopic (exact) mass is 335 g/mol. The van der Waals surface area contributed by atoms with Crippen molar-refractivity contribution in [2.45, 2.75) is 16.7 Å². The molecular weight excluding hydrogens is 318 g/mol. The average molecular weight is 335 g/mol. The van der Waals surface area contributed by atoms with Gasteiger partial charge in [-0.05, 0) is 24.6 Å². The van der Waals surface area contributed by atoms with Gasteiger partial charge < -0.3 is 15.6 Å². The van der Waals surface area contributed by atoms with E-state index < -0.39 is 21.7 Å². The average Bonchev–Trinajstić information content (AvgIpc) is 2.79. The molecule has 0 radical (unpaired) electrons. The standard InChI is InChI=1S/C15H17N3O4S/c1-9-11(15(20)17-2)18(3)12(14(16)19)13(9)23(21,22)10-7-5-4-6-8-10/h4-8H,1-3H3,(H2,16,19)(H,17,20). The van der Waals surface area contributed by atoms with Crippen molar-refractivity contribution in [3.63, 3.8) is 0 Å². The molecule has 0 aliphatic heterocycles. The lowest BCUT2D eigenvalue weighted by atomic mass is 10.2. The molecule has 122 valence electrons. The summed E-state index contributed by atoms with van der Waals surface area (Å²) in [6.07, 6.45) is 0. The SMILES string of the molecule is CNC(=O)c1c(C)c(S(=O)(=O)c2ccccc2)c(C(N)=O)n1C. The van der Waals surface area contributed by atoms with Gasteiger partial charge in [0.2, 0.25) is 9.84 Å². The van der Waals surface area contributed by atoms with Crippen molar-refractivity contribution in [1.29, 1.82) is 0 Å². The zero-order valence-electron chi connectivity index (χ0n) is 13.0. The fraction of sp³-hybridized carbons (Fsp3) is 0.200. The van der Waals surface area contributed by atoms with E-state index in [1.54, 1.807) is 18.2 Å². The van der Waals surface area contributed by atoms with Gasteiger partial charge in [0.1, 0.15) is 16.3 Å². The van der Waals surface area contributed by atoms with Gasteiger partial charge in [-0.2, -0.15) is 0 Å². The number of nitrogens with two attached hydrogens (primary N) is 1. The van der Waals surface area contributed by atoms with Crippen LogP contribution in [-0.4, -0.2) is 31.8 Å². The van der Waals surface area contributed by atoms with E-state index in [1.165, 1.54) is 37.7 Å². The van der Waals surface area contributed by atoms with E-state index >= 15 is 0 Å². The van der Waals surface area contributed by atoms with Crippen molar-refractivity contribution >= 4 is 21.7 Å². The number of carbonyl (C=O) groups is 2. The van der Waals surface area contributed by atoms with Crippen LogP contribution in [0.15, 0.2) is 40.1 Å². The van der Waals surface area contributed by atoms with Crippen molar-refractivity contribution in [3.8, 4) is 0 Å². The van der Waals surface area contributed by atoms with Crippen molar-refractivity contribution < 1.29 is 18.0 Å². The van der Waals surface area contributed by atoms with Crippen LogP contribution < -0.4 is 11.1 Å². The van der Waals surface area contributed by atoms with Gasteiger partial charge in [0.05, 0.1) is 4.90 Å². The van der Waals surface area contributed by atoms with E-state index in [9.17, 15) is 18.0 Å². The zero-order chi connectivity index (χ0) is 17.4. The second-order valence-electron chi connectivity index (χ2n) is 4.97. The number of benzene rings is 1. The number of nitrogens with one attached hydrogen (secondary N) is 1. The Bertz CT molecular complexity index is 883. The summed E-state index contributed by atoms with van der Waals surface area (Å²) in [7, 11) is -1.14. The van der Waals surface area contributed by atoms with Crippen LogP contribution in [0.4, 0.5) is 0 Å². The first kappa shape index (κ1) is 16.8. The van der Waals surface area contributed by atoms with Crippen LogP contribution in [-0.2, 0) is 16.9 Å². The molecule has 8 heteroatoms. The minimum Gasteiger partial charge on any atom is -0.364 e. The summed E-state index contributed by atoms with van der Waals surface area (Å²) in [6.45, 7) is 1.48. The summed E-state index contributed by atoms with van der Waals surface area (Å²) < 4.78 is 27.0. The molecule has 2 aromatic rings. The Morgan fingerprint density at radius 2 is 1.70 bits per heavy atom. The Hall–Kier alpha value is -2.61. The number of rotatable bonds is 4. The van der Waals surface area contributed by atoms with Crippen LogP contribution in [0.1, 0.15) is 26.5 Å². The lowest BCUT2D eigenvalue weighted by molar-refractivity contribution is 0.0954. The van der Waals surface area contributed by atoms with Crippen molar-refractivity contribution in [2.24, 2.45) is 12.8 Å². The first-order valence-corrected chi connectivity index (χ1v) is 8.23. The topological polar surface area (TPSA) is 111 Å². The summed E-state index contributed by atoms with van der Waals surface area (Å²) in [5.74, 6) is -1.41. The van der Waals surface area contributed by atoms with E-state index in [0.29, 0.717) is 0 Å². The molecule has 0 saturated heterocycles. The normalized spacial score (nSPS) is 11.3. The van der Waals surface area contributed by atoms with Gasteiger partial charge in [0.15, 0.2) is 0 Å². The van der Waals surface area contributed by atoms with Crippen molar-refractivity contribution in [2.75, 3.05) is 7.05 Å². The van der Waals surface area contributed by atoms with Crippen LogP contribution in [0.5, 0.6) is 0 Å². The third-order valence-electron chi connectivity index (χ3n) is 3.58. The summed E-state index contributed by atoms with van der Waals surface area (Å²) in [5.41, 5.74) is 5.40. The maximum Gasteiger partial charge on any atom is 0.267 e. The third kappa shape index (κ3) is 2.61. The third-order valence-corrected chi connectivity index (χ3v) is 5.51. The minimum atomic E-state index is -3.99. The number of hydrogen-bond acceptors (Lipinski definition) is 4. The molecule has 0 bridgehead atoms. The van der Waals surface area contributed by atoms with Crippen LogP contribution in [0.3, 0.4) is 0 Å². The van der Waals surface area contributed by atoms with E-state index in [0.717, 1.165) is 0 Å². The first-order valence-electron chi connectivity index (χ1n) is 6.74. The lowest BCUT2D eigenvalue weighted by Gasteiger charge is -2.06. The van der Waals surface area contributed by atoms with Gasteiger partial charge in [-0.15, -0.1) is 0 Å². The Labute approximate surface area is 134 Å². The maximum atomic E-state index is 12.9.